The first-order valence-electron chi connectivity index (χ1n) is 6.17. The van der Waals surface area contributed by atoms with Gasteiger partial charge in [-0.05, 0) is 26.2 Å². The van der Waals surface area contributed by atoms with Gasteiger partial charge in [0.25, 0.3) is 0 Å². The van der Waals surface area contributed by atoms with Crippen molar-refractivity contribution < 1.29 is 9.90 Å². The Balaban J connectivity index is 3.74. The highest BCUT2D eigenvalue weighted by Gasteiger charge is 2.17. The Bertz CT molecular complexity index is 201. The second kappa shape index (κ2) is 7.63. The van der Waals surface area contributed by atoms with E-state index in [9.17, 15) is 9.90 Å². The first kappa shape index (κ1) is 15.4. The molecule has 1 amide bonds. The third-order valence-electron chi connectivity index (χ3n) is 2.90. The molecular formula is C12H26N2O2. The summed E-state index contributed by atoms with van der Waals surface area (Å²) < 4.78 is 0. The van der Waals surface area contributed by atoms with E-state index in [0.717, 1.165) is 12.8 Å². The van der Waals surface area contributed by atoms with Gasteiger partial charge in [-0.3, -0.25) is 4.79 Å². The van der Waals surface area contributed by atoms with Gasteiger partial charge in [-0.15, -0.1) is 0 Å². The summed E-state index contributed by atoms with van der Waals surface area (Å²) in [6, 6.07) is 0.265. The maximum atomic E-state index is 11.5. The molecule has 0 saturated carbocycles. The SMILES string of the molecule is CCC(CC)NC(=O)CNCC(C)(O)CC. The van der Waals surface area contributed by atoms with Gasteiger partial charge in [0.05, 0.1) is 12.1 Å². The first-order chi connectivity index (χ1) is 7.45. The normalized spacial score (nSPS) is 14.9. The average molecular weight is 230 g/mol. The highest BCUT2D eigenvalue weighted by atomic mass is 16.3. The van der Waals surface area contributed by atoms with Crippen LogP contribution in [0.5, 0.6) is 0 Å². The number of hydrogen-bond acceptors (Lipinski definition) is 3. The van der Waals surface area contributed by atoms with E-state index in [1.807, 2.05) is 6.92 Å². The third kappa shape index (κ3) is 6.80. The molecule has 0 aliphatic heterocycles. The Morgan fingerprint density at radius 2 is 1.88 bits per heavy atom. The zero-order valence-corrected chi connectivity index (χ0v) is 11.0. The van der Waals surface area contributed by atoms with E-state index in [1.54, 1.807) is 6.92 Å². The molecular weight excluding hydrogens is 204 g/mol. The van der Waals surface area contributed by atoms with Crippen LogP contribution in [0.2, 0.25) is 0 Å². The number of carbonyl (C=O) groups excluding carboxylic acids is 1. The molecule has 0 aromatic carbocycles. The fourth-order valence-corrected chi connectivity index (χ4v) is 1.34. The van der Waals surface area contributed by atoms with Crippen LogP contribution in [0.25, 0.3) is 0 Å². The molecule has 0 spiro atoms. The molecule has 16 heavy (non-hydrogen) atoms. The summed E-state index contributed by atoms with van der Waals surface area (Å²) in [5.41, 5.74) is -0.727. The van der Waals surface area contributed by atoms with Crippen LogP contribution in [0.1, 0.15) is 47.0 Å². The number of rotatable bonds is 8. The van der Waals surface area contributed by atoms with Gasteiger partial charge in [0.15, 0.2) is 0 Å². The molecule has 96 valence electrons. The van der Waals surface area contributed by atoms with Crippen molar-refractivity contribution in [1.82, 2.24) is 10.6 Å². The minimum Gasteiger partial charge on any atom is -0.389 e. The van der Waals surface area contributed by atoms with Crippen LogP contribution >= 0.6 is 0 Å². The topological polar surface area (TPSA) is 61.4 Å². The third-order valence-corrected chi connectivity index (χ3v) is 2.90. The predicted molar refractivity (Wildman–Crippen MR) is 66.3 cm³/mol. The quantitative estimate of drug-likeness (QED) is 0.584. The highest BCUT2D eigenvalue weighted by Crippen LogP contribution is 2.05. The molecule has 3 N–H and O–H groups in total. The van der Waals surface area contributed by atoms with Crippen molar-refractivity contribution in [2.75, 3.05) is 13.1 Å². The molecule has 0 aliphatic rings. The molecule has 0 rings (SSSR count). The summed E-state index contributed by atoms with van der Waals surface area (Å²) in [6.45, 7) is 8.52. The van der Waals surface area contributed by atoms with Gasteiger partial charge in [0.2, 0.25) is 5.91 Å². The minimum atomic E-state index is -0.727. The number of carbonyl (C=O) groups is 1. The summed E-state index contributed by atoms with van der Waals surface area (Å²) in [6.07, 6.45) is 2.58. The minimum absolute atomic E-state index is 0.000558. The van der Waals surface area contributed by atoms with E-state index in [0.29, 0.717) is 13.0 Å². The van der Waals surface area contributed by atoms with Crippen LogP contribution in [-0.4, -0.2) is 35.7 Å². The van der Waals surface area contributed by atoms with Gasteiger partial charge in [-0.1, -0.05) is 20.8 Å². The van der Waals surface area contributed by atoms with Crippen molar-refractivity contribution in [2.24, 2.45) is 0 Å². The summed E-state index contributed by atoms with van der Waals surface area (Å²) >= 11 is 0. The van der Waals surface area contributed by atoms with Crippen molar-refractivity contribution in [3.63, 3.8) is 0 Å². The number of aliphatic hydroxyl groups is 1. The monoisotopic (exact) mass is 230 g/mol. The Morgan fingerprint density at radius 3 is 2.31 bits per heavy atom. The van der Waals surface area contributed by atoms with Crippen LogP contribution in [-0.2, 0) is 4.79 Å². The van der Waals surface area contributed by atoms with Crippen LogP contribution in [0.4, 0.5) is 0 Å². The summed E-state index contributed by atoms with van der Waals surface area (Å²) in [4.78, 5) is 11.5. The number of hydrogen-bond donors (Lipinski definition) is 3. The summed E-state index contributed by atoms with van der Waals surface area (Å²) in [5.74, 6) is 0.000558. The smallest absolute Gasteiger partial charge is 0.234 e. The van der Waals surface area contributed by atoms with Crippen molar-refractivity contribution in [3.05, 3.63) is 0 Å². The molecule has 0 saturated heterocycles. The maximum absolute atomic E-state index is 11.5. The Kier molecular flexibility index (Phi) is 7.34. The van der Waals surface area contributed by atoms with Crippen molar-refractivity contribution >= 4 is 5.91 Å². The fraction of sp³-hybridized carbons (Fsp3) is 0.917. The molecule has 0 bridgehead atoms. The van der Waals surface area contributed by atoms with Crippen molar-refractivity contribution in [1.29, 1.82) is 0 Å². The van der Waals surface area contributed by atoms with E-state index in [-0.39, 0.29) is 18.5 Å². The summed E-state index contributed by atoms with van der Waals surface area (Å²) in [7, 11) is 0. The fourth-order valence-electron chi connectivity index (χ4n) is 1.34. The molecule has 0 heterocycles. The van der Waals surface area contributed by atoms with Crippen molar-refractivity contribution in [2.45, 2.75) is 58.6 Å². The van der Waals surface area contributed by atoms with Crippen LogP contribution in [0.15, 0.2) is 0 Å². The molecule has 0 aromatic rings. The lowest BCUT2D eigenvalue weighted by Crippen LogP contribution is -2.44. The lowest BCUT2D eigenvalue weighted by Gasteiger charge is -2.22. The van der Waals surface area contributed by atoms with Gasteiger partial charge in [0, 0.05) is 12.6 Å². The lowest BCUT2D eigenvalue weighted by molar-refractivity contribution is -0.121. The lowest BCUT2D eigenvalue weighted by atomic mass is 10.0. The Morgan fingerprint density at radius 1 is 1.31 bits per heavy atom. The number of nitrogens with one attached hydrogen (secondary N) is 2. The second-order valence-corrected chi connectivity index (χ2v) is 4.53. The molecule has 0 radical (unpaired) electrons. The first-order valence-corrected chi connectivity index (χ1v) is 6.17. The molecule has 4 nitrogen and oxygen atoms in total. The van der Waals surface area contributed by atoms with Gasteiger partial charge < -0.3 is 15.7 Å². The average Bonchev–Trinajstić information content (AvgIpc) is 2.25. The van der Waals surface area contributed by atoms with Gasteiger partial charge in [-0.25, -0.2) is 0 Å². The predicted octanol–water partition coefficient (Wildman–Crippen LogP) is 1.04. The Labute approximate surface area is 98.8 Å². The zero-order chi connectivity index (χ0) is 12.6. The summed E-state index contributed by atoms with van der Waals surface area (Å²) in [5, 5.41) is 15.6. The van der Waals surface area contributed by atoms with E-state index < -0.39 is 5.60 Å². The molecule has 4 heteroatoms. The number of amides is 1. The van der Waals surface area contributed by atoms with Crippen molar-refractivity contribution in [3.8, 4) is 0 Å². The molecule has 1 unspecified atom stereocenters. The van der Waals surface area contributed by atoms with E-state index >= 15 is 0 Å². The van der Waals surface area contributed by atoms with Crippen LogP contribution in [0.3, 0.4) is 0 Å². The van der Waals surface area contributed by atoms with E-state index in [2.05, 4.69) is 24.5 Å². The second-order valence-electron chi connectivity index (χ2n) is 4.53. The van der Waals surface area contributed by atoms with Gasteiger partial charge in [0.1, 0.15) is 0 Å². The van der Waals surface area contributed by atoms with Gasteiger partial charge in [-0.2, -0.15) is 0 Å². The van der Waals surface area contributed by atoms with E-state index in [4.69, 9.17) is 0 Å². The zero-order valence-electron chi connectivity index (χ0n) is 11.0. The van der Waals surface area contributed by atoms with Crippen LogP contribution in [0, 0.1) is 0 Å². The van der Waals surface area contributed by atoms with Crippen LogP contribution < -0.4 is 10.6 Å². The van der Waals surface area contributed by atoms with Gasteiger partial charge >= 0.3 is 0 Å². The highest BCUT2D eigenvalue weighted by molar-refractivity contribution is 5.78. The molecule has 0 aromatic heterocycles. The maximum Gasteiger partial charge on any atom is 0.234 e. The standard InChI is InChI=1S/C12H26N2O2/c1-5-10(6-2)14-11(15)8-13-9-12(4,16)7-3/h10,13,16H,5-9H2,1-4H3,(H,14,15). The molecule has 0 fully saturated rings. The largest absolute Gasteiger partial charge is 0.389 e. The molecule has 1 atom stereocenters. The van der Waals surface area contributed by atoms with E-state index in [1.165, 1.54) is 0 Å². The molecule has 0 aliphatic carbocycles. The Hall–Kier alpha value is -0.610.